The molecule has 0 saturated heterocycles. The molecule has 0 unspecified atom stereocenters. The summed E-state index contributed by atoms with van der Waals surface area (Å²) in [6.07, 6.45) is -0.285. The Kier molecular flexibility index (Phi) is 5.28. The first kappa shape index (κ1) is 12.4. The summed E-state index contributed by atoms with van der Waals surface area (Å²) in [6.45, 7) is 1.26. The van der Waals surface area contributed by atoms with Crippen LogP contribution < -0.4 is 5.32 Å². The van der Waals surface area contributed by atoms with E-state index in [9.17, 15) is 14.4 Å². The van der Waals surface area contributed by atoms with Crippen molar-refractivity contribution in [2.75, 3.05) is 0 Å². The molecule has 0 aliphatic carbocycles. The fourth-order valence-corrected chi connectivity index (χ4v) is 1.02. The van der Waals surface area contributed by atoms with Crippen molar-refractivity contribution in [2.24, 2.45) is 0 Å². The molecular formula is C8H13NO5. The Labute approximate surface area is 80.9 Å². The zero-order valence-corrected chi connectivity index (χ0v) is 7.82. The van der Waals surface area contributed by atoms with Gasteiger partial charge in [-0.1, -0.05) is 0 Å². The number of aliphatic carboxylic acids is 2. The van der Waals surface area contributed by atoms with Gasteiger partial charge in [-0.2, -0.15) is 0 Å². The smallest absolute Gasteiger partial charge is 0.305 e. The molecule has 6 nitrogen and oxygen atoms in total. The summed E-state index contributed by atoms with van der Waals surface area (Å²) in [4.78, 5) is 31.2. The first-order chi connectivity index (χ1) is 6.41. The molecule has 0 spiro atoms. The van der Waals surface area contributed by atoms with Crippen LogP contribution in [-0.4, -0.2) is 34.1 Å². The number of hydrogen-bond donors (Lipinski definition) is 3. The molecule has 0 aliphatic rings. The molecule has 0 rings (SSSR count). The molecule has 0 bridgehead atoms. The lowest BCUT2D eigenvalue weighted by Gasteiger charge is -2.14. The van der Waals surface area contributed by atoms with Crippen molar-refractivity contribution in [1.29, 1.82) is 0 Å². The Hall–Kier alpha value is -1.59. The van der Waals surface area contributed by atoms with Crippen LogP contribution in [0.2, 0.25) is 0 Å². The summed E-state index contributed by atoms with van der Waals surface area (Å²) in [7, 11) is 0. The van der Waals surface area contributed by atoms with E-state index in [0.29, 0.717) is 0 Å². The Morgan fingerprint density at radius 1 is 1.21 bits per heavy atom. The highest BCUT2D eigenvalue weighted by Crippen LogP contribution is 2.02. The lowest BCUT2D eigenvalue weighted by Crippen LogP contribution is -2.35. The maximum atomic E-state index is 10.6. The number of carbonyl (C=O) groups is 3. The number of carboxylic acids is 2. The van der Waals surface area contributed by atoms with Gasteiger partial charge in [-0.25, -0.2) is 0 Å². The Balaban J connectivity index is 4.03. The summed E-state index contributed by atoms with van der Waals surface area (Å²) in [5.41, 5.74) is 0. The molecule has 1 atom stereocenters. The van der Waals surface area contributed by atoms with Gasteiger partial charge in [0.1, 0.15) is 0 Å². The summed E-state index contributed by atoms with van der Waals surface area (Å²) >= 11 is 0. The van der Waals surface area contributed by atoms with Gasteiger partial charge in [0.2, 0.25) is 5.91 Å². The molecule has 0 heterocycles. The Morgan fingerprint density at radius 3 is 2.14 bits per heavy atom. The van der Waals surface area contributed by atoms with Crippen LogP contribution in [0.25, 0.3) is 0 Å². The number of rotatable bonds is 6. The molecule has 1 amide bonds. The first-order valence-corrected chi connectivity index (χ1v) is 4.12. The predicted octanol–water partition coefficient (Wildman–Crippen LogP) is -0.169. The SMILES string of the molecule is CC(=O)N[C@H](CCC(=O)O)CC(=O)O. The van der Waals surface area contributed by atoms with Gasteiger partial charge in [0.25, 0.3) is 0 Å². The van der Waals surface area contributed by atoms with Crippen LogP contribution in [0.4, 0.5) is 0 Å². The molecule has 80 valence electrons. The van der Waals surface area contributed by atoms with E-state index in [1.54, 1.807) is 0 Å². The van der Waals surface area contributed by atoms with Crippen LogP contribution in [0.15, 0.2) is 0 Å². The summed E-state index contributed by atoms with van der Waals surface area (Å²) in [6, 6.07) is -0.610. The van der Waals surface area contributed by atoms with Crippen molar-refractivity contribution in [3.05, 3.63) is 0 Å². The second-order valence-corrected chi connectivity index (χ2v) is 2.93. The lowest BCUT2D eigenvalue weighted by molar-refractivity contribution is -0.140. The lowest BCUT2D eigenvalue weighted by atomic mass is 10.1. The van der Waals surface area contributed by atoms with Crippen LogP contribution in [0.5, 0.6) is 0 Å². The number of hydrogen-bond acceptors (Lipinski definition) is 3. The van der Waals surface area contributed by atoms with Crippen LogP contribution in [0, 0.1) is 0 Å². The van der Waals surface area contributed by atoms with E-state index in [4.69, 9.17) is 10.2 Å². The van der Waals surface area contributed by atoms with E-state index >= 15 is 0 Å². The van der Waals surface area contributed by atoms with Gasteiger partial charge >= 0.3 is 11.9 Å². The largest absolute Gasteiger partial charge is 0.481 e. The van der Waals surface area contributed by atoms with Crippen LogP contribution in [-0.2, 0) is 14.4 Å². The van der Waals surface area contributed by atoms with Crippen LogP contribution in [0.3, 0.4) is 0 Å². The monoisotopic (exact) mass is 203 g/mol. The van der Waals surface area contributed by atoms with E-state index in [2.05, 4.69) is 5.32 Å². The van der Waals surface area contributed by atoms with E-state index in [1.165, 1.54) is 6.92 Å². The highest BCUT2D eigenvalue weighted by Gasteiger charge is 2.15. The third kappa shape index (κ3) is 7.08. The number of amides is 1. The molecule has 0 aliphatic heterocycles. The first-order valence-electron chi connectivity index (χ1n) is 4.12. The van der Waals surface area contributed by atoms with Crippen molar-refractivity contribution in [3.63, 3.8) is 0 Å². The van der Waals surface area contributed by atoms with Crippen LogP contribution in [0.1, 0.15) is 26.2 Å². The van der Waals surface area contributed by atoms with E-state index in [1.807, 2.05) is 0 Å². The minimum Gasteiger partial charge on any atom is -0.481 e. The topological polar surface area (TPSA) is 104 Å². The maximum Gasteiger partial charge on any atom is 0.305 e. The molecular weight excluding hydrogens is 190 g/mol. The zero-order valence-electron chi connectivity index (χ0n) is 7.82. The van der Waals surface area contributed by atoms with E-state index in [-0.39, 0.29) is 25.2 Å². The van der Waals surface area contributed by atoms with Gasteiger partial charge in [-0.3, -0.25) is 14.4 Å². The van der Waals surface area contributed by atoms with E-state index < -0.39 is 18.0 Å². The maximum absolute atomic E-state index is 10.6. The molecule has 0 aromatic rings. The number of nitrogens with one attached hydrogen (secondary N) is 1. The fraction of sp³-hybridized carbons (Fsp3) is 0.625. The van der Waals surface area contributed by atoms with Gasteiger partial charge in [0, 0.05) is 19.4 Å². The summed E-state index contributed by atoms with van der Waals surface area (Å²) < 4.78 is 0. The standard InChI is InChI=1S/C8H13NO5/c1-5(10)9-6(4-8(13)14)2-3-7(11)12/h6H,2-4H2,1H3,(H,9,10)(H,11,12)(H,13,14)/t6-/m1/s1. The molecule has 0 radical (unpaired) electrons. The van der Waals surface area contributed by atoms with Crippen molar-refractivity contribution in [3.8, 4) is 0 Å². The van der Waals surface area contributed by atoms with Gasteiger partial charge < -0.3 is 15.5 Å². The van der Waals surface area contributed by atoms with Crippen molar-refractivity contribution < 1.29 is 24.6 Å². The summed E-state index contributed by atoms with van der Waals surface area (Å²) in [5, 5.41) is 19.2. The fourth-order valence-electron chi connectivity index (χ4n) is 1.02. The van der Waals surface area contributed by atoms with Crippen molar-refractivity contribution in [1.82, 2.24) is 5.32 Å². The molecule has 0 saturated carbocycles. The highest BCUT2D eigenvalue weighted by atomic mass is 16.4. The number of carboxylic acid groups (broad SMARTS) is 2. The molecule has 3 N–H and O–H groups in total. The van der Waals surface area contributed by atoms with E-state index in [0.717, 1.165) is 0 Å². The highest BCUT2D eigenvalue weighted by molar-refractivity contribution is 5.75. The molecule has 0 aromatic carbocycles. The second-order valence-electron chi connectivity index (χ2n) is 2.93. The number of carbonyl (C=O) groups excluding carboxylic acids is 1. The normalized spacial score (nSPS) is 11.8. The second kappa shape index (κ2) is 5.95. The minimum absolute atomic E-state index is 0.126. The third-order valence-corrected chi connectivity index (χ3v) is 1.54. The predicted molar refractivity (Wildman–Crippen MR) is 46.7 cm³/mol. The Bertz CT molecular complexity index is 222. The quantitative estimate of drug-likeness (QED) is 0.556. The zero-order chi connectivity index (χ0) is 11.1. The molecule has 0 aromatic heterocycles. The van der Waals surface area contributed by atoms with Crippen molar-refractivity contribution in [2.45, 2.75) is 32.2 Å². The third-order valence-electron chi connectivity index (χ3n) is 1.54. The van der Waals surface area contributed by atoms with Gasteiger partial charge in [0.05, 0.1) is 6.42 Å². The van der Waals surface area contributed by atoms with Gasteiger partial charge in [0.15, 0.2) is 0 Å². The summed E-state index contributed by atoms with van der Waals surface area (Å²) in [5.74, 6) is -2.43. The molecule has 14 heavy (non-hydrogen) atoms. The van der Waals surface area contributed by atoms with Gasteiger partial charge in [-0.15, -0.1) is 0 Å². The Morgan fingerprint density at radius 2 is 1.79 bits per heavy atom. The molecule has 6 heteroatoms. The van der Waals surface area contributed by atoms with Gasteiger partial charge in [-0.05, 0) is 6.42 Å². The minimum atomic E-state index is -1.06. The molecule has 0 fully saturated rings. The average molecular weight is 203 g/mol. The average Bonchev–Trinajstić information content (AvgIpc) is 1.97. The van der Waals surface area contributed by atoms with Crippen molar-refractivity contribution >= 4 is 17.8 Å². The van der Waals surface area contributed by atoms with Crippen LogP contribution >= 0.6 is 0 Å².